The van der Waals surface area contributed by atoms with Crippen LogP contribution in [0, 0.1) is 11.8 Å². The average molecular weight is 278 g/mol. The molecule has 0 bridgehead atoms. The van der Waals surface area contributed by atoms with Crippen LogP contribution < -0.4 is 5.32 Å². The molecule has 1 aromatic rings. The number of thiazole rings is 1. The first-order chi connectivity index (χ1) is 9.22. The minimum atomic E-state index is 0.745. The van der Waals surface area contributed by atoms with E-state index >= 15 is 0 Å². The Labute approximate surface area is 121 Å². The second kappa shape index (κ2) is 5.92. The number of aromatic nitrogens is 1. The van der Waals surface area contributed by atoms with Gasteiger partial charge in [-0.2, -0.15) is 0 Å². The second-order valence-electron chi connectivity index (χ2n) is 6.68. The van der Waals surface area contributed by atoms with Gasteiger partial charge in [-0.15, -0.1) is 11.3 Å². The number of nitrogens with one attached hydrogen (secondary N) is 1. The van der Waals surface area contributed by atoms with E-state index in [0.717, 1.165) is 30.3 Å². The number of nitrogens with zero attached hydrogens (tertiary/aromatic N) is 1. The largest absolute Gasteiger partial charge is 0.309 e. The Morgan fingerprint density at radius 1 is 1.21 bits per heavy atom. The van der Waals surface area contributed by atoms with Crippen LogP contribution in [0.2, 0.25) is 0 Å². The normalized spacial score (nSPS) is 27.9. The van der Waals surface area contributed by atoms with Crippen LogP contribution in [-0.2, 0) is 6.54 Å². The lowest BCUT2D eigenvalue weighted by molar-refractivity contribution is 0.258. The highest BCUT2D eigenvalue weighted by molar-refractivity contribution is 7.11. The third-order valence-electron chi connectivity index (χ3n) is 4.78. The molecule has 3 rings (SSSR count). The van der Waals surface area contributed by atoms with E-state index in [0.29, 0.717) is 0 Å². The molecule has 0 radical (unpaired) electrons. The van der Waals surface area contributed by atoms with Crippen LogP contribution in [0.1, 0.15) is 68.2 Å². The van der Waals surface area contributed by atoms with Gasteiger partial charge in [-0.25, -0.2) is 4.98 Å². The fourth-order valence-electron chi connectivity index (χ4n) is 3.16. The standard InChI is InChI=1S/C16H26N2S/c1-11(2)12-3-5-13(6-4-12)16-18-10-15(19-16)9-17-14-7-8-14/h10-14,17H,3-9H2,1-2H3. The zero-order valence-corrected chi connectivity index (χ0v) is 13.0. The van der Waals surface area contributed by atoms with Crippen LogP contribution >= 0.6 is 11.3 Å². The zero-order chi connectivity index (χ0) is 13.2. The molecule has 0 spiro atoms. The molecule has 2 aliphatic rings. The minimum Gasteiger partial charge on any atom is -0.309 e. The van der Waals surface area contributed by atoms with Crippen molar-refractivity contribution in [2.45, 2.75) is 70.9 Å². The molecule has 0 aliphatic heterocycles. The molecule has 0 atom stereocenters. The minimum absolute atomic E-state index is 0.745. The van der Waals surface area contributed by atoms with Crippen molar-refractivity contribution in [2.75, 3.05) is 0 Å². The summed E-state index contributed by atoms with van der Waals surface area (Å²) in [5.74, 6) is 2.55. The quantitative estimate of drug-likeness (QED) is 0.867. The van der Waals surface area contributed by atoms with E-state index in [-0.39, 0.29) is 0 Å². The lowest BCUT2D eigenvalue weighted by Gasteiger charge is -2.29. The molecule has 1 N–H and O–H groups in total. The molecule has 2 fully saturated rings. The lowest BCUT2D eigenvalue weighted by atomic mass is 9.77. The highest BCUT2D eigenvalue weighted by Gasteiger charge is 2.26. The fraction of sp³-hybridized carbons (Fsp3) is 0.812. The first-order valence-electron chi connectivity index (χ1n) is 7.90. The molecule has 2 nitrogen and oxygen atoms in total. The summed E-state index contributed by atoms with van der Waals surface area (Å²) >= 11 is 1.95. The van der Waals surface area contributed by atoms with Crippen molar-refractivity contribution < 1.29 is 0 Å². The Morgan fingerprint density at radius 2 is 1.95 bits per heavy atom. The second-order valence-corrected chi connectivity index (χ2v) is 7.82. The molecule has 19 heavy (non-hydrogen) atoms. The fourth-order valence-corrected chi connectivity index (χ4v) is 4.20. The van der Waals surface area contributed by atoms with Gasteiger partial charge in [0.2, 0.25) is 0 Å². The van der Waals surface area contributed by atoms with E-state index in [4.69, 9.17) is 0 Å². The summed E-state index contributed by atoms with van der Waals surface area (Å²) in [6.45, 7) is 5.77. The van der Waals surface area contributed by atoms with Gasteiger partial charge >= 0.3 is 0 Å². The van der Waals surface area contributed by atoms with Crippen molar-refractivity contribution in [3.05, 3.63) is 16.1 Å². The highest BCUT2D eigenvalue weighted by Crippen LogP contribution is 2.39. The topological polar surface area (TPSA) is 24.9 Å². The molecule has 2 aliphatic carbocycles. The number of hydrogen-bond donors (Lipinski definition) is 1. The van der Waals surface area contributed by atoms with E-state index in [2.05, 4.69) is 30.3 Å². The smallest absolute Gasteiger partial charge is 0.0959 e. The molecule has 0 unspecified atom stereocenters. The Morgan fingerprint density at radius 3 is 2.58 bits per heavy atom. The molecular weight excluding hydrogens is 252 g/mol. The maximum absolute atomic E-state index is 4.69. The predicted octanol–water partition coefficient (Wildman–Crippen LogP) is 4.32. The zero-order valence-electron chi connectivity index (χ0n) is 12.2. The Kier molecular flexibility index (Phi) is 4.23. The maximum atomic E-state index is 4.69. The maximum Gasteiger partial charge on any atom is 0.0959 e. The third-order valence-corrected chi connectivity index (χ3v) is 5.94. The molecule has 0 saturated heterocycles. The van der Waals surface area contributed by atoms with Crippen molar-refractivity contribution in [1.82, 2.24) is 10.3 Å². The summed E-state index contributed by atoms with van der Waals surface area (Å²) in [6, 6.07) is 0.798. The number of hydrogen-bond acceptors (Lipinski definition) is 3. The van der Waals surface area contributed by atoms with Gasteiger partial charge in [-0.3, -0.25) is 0 Å². The molecule has 1 heterocycles. The van der Waals surface area contributed by atoms with Crippen molar-refractivity contribution in [1.29, 1.82) is 0 Å². The summed E-state index contributed by atoms with van der Waals surface area (Å²) in [5.41, 5.74) is 0. The van der Waals surface area contributed by atoms with Crippen molar-refractivity contribution >= 4 is 11.3 Å². The lowest BCUT2D eigenvalue weighted by Crippen LogP contribution is -2.17. The Balaban J connectivity index is 1.51. The van der Waals surface area contributed by atoms with E-state index in [9.17, 15) is 0 Å². The van der Waals surface area contributed by atoms with Crippen molar-refractivity contribution in [2.24, 2.45) is 11.8 Å². The Hall–Kier alpha value is -0.410. The molecule has 0 aromatic carbocycles. The molecule has 1 aromatic heterocycles. The van der Waals surface area contributed by atoms with E-state index in [1.807, 2.05) is 11.3 Å². The van der Waals surface area contributed by atoms with Gasteiger partial charge in [0.1, 0.15) is 0 Å². The summed E-state index contributed by atoms with van der Waals surface area (Å²) in [5, 5.41) is 4.98. The van der Waals surface area contributed by atoms with E-state index in [1.165, 1.54) is 48.4 Å². The molecule has 106 valence electrons. The third kappa shape index (κ3) is 3.57. The monoisotopic (exact) mass is 278 g/mol. The van der Waals surface area contributed by atoms with Crippen molar-refractivity contribution in [3.8, 4) is 0 Å². The van der Waals surface area contributed by atoms with Gasteiger partial charge in [0.25, 0.3) is 0 Å². The SMILES string of the molecule is CC(C)C1CCC(c2ncc(CNC3CC3)s2)CC1. The highest BCUT2D eigenvalue weighted by atomic mass is 32.1. The van der Waals surface area contributed by atoms with E-state index in [1.54, 1.807) is 0 Å². The summed E-state index contributed by atoms with van der Waals surface area (Å²) < 4.78 is 0. The van der Waals surface area contributed by atoms with Crippen LogP contribution in [0.4, 0.5) is 0 Å². The summed E-state index contributed by atoms with van der Waals surface area (Å²) in [4.78, 5) is 6.11. The van der Waals surface area contributed by atoms with E-state index < -0.39 is 0 Å². The van der Waals surface area contributed by atoms with Crippen molar-refractivity contribution in [3.63, 3.8) is 0 Å². The van der Waals surface area contributed by atoms with Crippen LogP contribution in [0.25, 0.3) is 0 Å². The molecule has 3 heteroatoms. The van der Waals surface area contributed by atoms with Crippen LogP contribution in [0.15, 0.2) is 6.20 Å². The first-order valence-corrected chi connectivity index (χ1v) is 8.72. The molecular formula is C16H26N2S. The van der Waals surface area contributed by atoms with Crippen LogP contribution in [0.3, 0.4) is 0 Å². The predicted molar refractivity (Wildman–Crippen MR) is 81.5 cm³/mol. The number of rotatable bonds is 5. The first kappa shape index (κ1) is 13.6. The summed E-state index contributed by atoms with van der Waals surface area (Å²) in [6.07, 6.45) is 10.3. The van der Waals surface area contributed by atoms with Crippen LogP contribution in [-0.4, -0.2) is 11.0 Å². The van der Waals surface area contributed by atoms with Gasteiger partial charge in [-0.05, 0) is 50.4 Å². The average Bonchev–Trinajstić information content (AvgIpc) is 3.13. The molecule has 0 amide bonds. The van der Waals surface area contributed by atoms with Gasteiger partial charge in [0.15, 0.2) is 0 Å². The molecule has 2 saturated carbocycles. The van der Waals surface area contributed by atoms with Gasteiger partial charge in [0.05, 0.1) is 5.01 Å². The van der Waals surface area contributed by atoms with Gasteiger partial charge in [-0.1, -0.05) is 13.8 Å². The summed E-state index contributed by atoms with van der Waals surface area (Å²) in [7, 11) is 0. The van der Waals surface area contributed by atoms with Gasteiger partial charge in [0, 0.05) is 29.6 Å². The van der Waals surface area contributed by atoms with Crippen LogP contribution in [0.5, 0.6) is 0 Å². The van der Waals surface area contributed by atoms with Gasteiger partial charge < -0.3 is 5.32 Å². The Bertz CT molecular complexity index is 401.